The first kappa shape index (κ1) is 9.31. The van der Waals surface area contributed by atoms with Crippen molar-refractivity contribution in [3.63, 3.8) is 0 Å². The molecule has 0 radical (unpaired) electrons. The number of hydrogen-bond donors (Lipinski definition) is 2. The number of aromatic nitrogens is 1. The normalized spacial score (nSPS) is 9.69. The van der Waals surface area contributed by atoms with Gasteiger partial charge in [0.25, 0.3) is 0 Å². The molecule has 0 bridgehead atoms. The average Bonchev–Trinajstić information content (AvgIpc) is 2.08. The van der Waals surface area contributed by atoms with Crippen molar-refractivity contribution >= 4 is 5.97 Å². The lowest BCUT2D eigenvalue weighted by atomic mass is 10.2. The van der Waals surface area contributed by atoms with Crippen LogP contribution >= 0.6 is 0 Å². The summed E-state index contributed by atoms with van der Waals surface area (Å²) in [4.78, 5) is 24.5. The lowest BCUT2D eigenvalue weighted by Crippen LogP contribution is -2.19. The van der Waals surface area contributed by atoms with Crippen LogP contribution in [0.15, 0.2) is 11.0 Å². The van der Waals surface area contributed by atoms with Crippen molar-refractivity contribution < 1.29 is 14.6 Å². The summed E-state index contributed by atoms with van der Waals surface area (Å²) in [7, 11) is 1.30. The van der Waals surface area contributed by atoms with Gasteiger partial charge in [0.1, 0.15) is 0 Å². The predicted molar refractivity (Wildman–Crippen MR) is 45.3 cm³/mol. The van der Waals surface area contributed by atoms with Crippen molar-refractivity contribution in [3.8, 4) is 5.88 Å². The number of hydrogen-bond acceptors (Lipinski definition) is 3. The Hall–Kier alpha value is -1.78. The van der Waals surface area contributed by atoms with Crippen molar-refractivity contribution in [2.24, 2.45) is 0 Å². The van der Waals surface area contributed by atoms with E-state index in [1.54, 1.807) is 0 Å². The van der Waals surface area contributed by atoms with Gasteiger partial charge in [-0.15, -0.1) is 0 Å². The molecule has 0 aliphatic heterocycles. The molecule has 1 heterocycles. The van der Waals surface area contributed by atoms with Crippen LogP contribution in [-0.2, 0) is 0 Å². The number of aromatic amines is 1. The van der Waals surface area contributed by atoms with Crippen molar-refractivity contribution in [2.75, 3.05) is 7.11 Å². The molecule has 0 amide bonds. The highest BCUT2D eigenvalue weighted by Gasteiger charge is 2.16. The van der Waals surface area contributed by atoms with E-state index in [1.165, 1.54) is 20.2 Å². The standard InChI is InChI=1S/C8H9NO4/c1-4-3-9-7(13-2)5(6(4)10)8(11)12/h3H,1-2H3,(H,9,10)(H,11,12). The first-order valence-corrected chi connectivity index (χ1v) is 3.57. The molecule has 1 aromatic rings. The van der Waals surface area contributed by atoms with Crippen LogP contribution in [0.3, 0.4) is 0 Å². The molecule has 1 aromatic heterocycles. The fraction of sp³-hybridized carbons (Fsp3) is 0.250. The van der Waals surface area contributed by atoms with Crippen molar-refractivity contribution in [1.29, 1.82) is 0 Å². The topological polar surface area (TPSA) is 79.4 Å². The average molecular weight is 183 g/mol. The fourth-order valence-corrected chi connectivity index (χ4v) is 0.967. The molecule has 0 aliphatic rings. The van der Waals surface area contributed by atoms with Gasteiger partial charge in [0.05, 0.1) is 7.11 Å². The molecule has 5 heteroatoms. The molecule has 0 saturated heterocycles. The quantitative estimate of drug-likeness (QED) is 0.695. The highest BCUT2D eigenvalue weighted by Crippen LogP contribution is 2.10. The molecule has 0 unspecified atom stereocenters. The number of methoxy groups -OCH3 is 1. The van der Waals surface area contributed by atoms with Gasteiger partial charge in [0.2, 0.25) is 11.3 Å². The number of rotatable bonds is 2. The third-order valence-electron chi connectivity index (χ3n) is 1.65. The van der Waals surface area contributed by atoms with Crippen LogP contribution in [0.2, 0.25) is 0 Å². The number of carboxylic acid groups (broad SMARTS) is 1. The molecule has 13 heavy (non-hydrogen) atoms. The summed E-state index contributed by atoms with van der Waals surface area (Å²) in [6, 6.07) is 0. The van der Waals surface area contributed by atoms with Crippen LogP contribution < -0.4 is 10.2 Å². The minimum atomic E-state index is -1.29. The van der Waals surface area contributed by atoms with Gasteiger partial charge in [0, 0.05) is 11.8 Å². The Labute approximate surface area is 74.0 Å². The van der Waals surface area contributed by atoms with E-state index in [0.29, 0.717) is 5.56 Å². The zero-order valence-corrected chi connectivity index (χ0v) is 7.25. The maximum Gasteiger partial charge on any atom is 0.345 e. The van der Waals surface area contributed by atoms with Gasteiger partial charge in [0.15, 0.2) is 5.56 Å². The first-order chi connectivity index (χ1) is 6.07. The second-order valence-electron chi connectivity index (χ2n) is 2.51. The maximum absolute atomic E-state index is 11.3. The number of pyridine rings is 1. The van der Waals surface area contributed by atoms with E-state index in [1.807, 2.05) is 0 Å². The zero-order valence-electron chi connectivity index (χ0n) is 7.25. The van der Waals surface area contributed by atoms with Crippen LogP contribution in [0.1, 0.15) is 15.9 Å². The highest BCUT2D eigenvalue weighted by molar-refractivity contribution is 5.90. The van der Waals surface area contributed by atoms with Gasteiger partial charge in [-0.3, -0.25) is 4.79 Å². The number of aryl methyl sites for hydroxylation is 1. The number of ether oxygens (including phenoxy) is 1. The van der Waals surface area contributed by atoms with E-state index >= 15 is 0 Å². The fourth-order valence-electron chi connectivity index (χ4n) is 0.967. The number of aromatic carboxylic acids is 1. The Morgan fingerprint density at radius 1 is 1.62 bits per heavy atom. The molecule has 0 aromatic carbocycles. The van der Waals surface area contributed by atoms with Crippen LogP contribution in [-0.4, -0.2) is 23.2 Å². The summed E-state index contributed by atoms with van der Waals surface area (Å²) in [5.41, 5.74) is -0.538. The van der Waals surface area contributed by atoms with E-state index in [4.69, 9.17) is 9.84 Å². The van der Waals surface area contributed by atoms with Crippen LogP contribution in [0.5, 0.6) is 5.88 Å². The van der Waals surface area contributed by atoms with E-state index < -0.39 is 11.4 Å². The smallest absolute Gasteiger partial charge is 0.345 e. The molecule has 0 atom stereocenters. The van der Waals surface area contributed by atoms with Crippen molar-refractivity contribution in [2.45, 2.75) is 6.92 Å². The second-order valence-corrected chi connectivity index (χ2v) is 2.51. The van der Waals surface area contributed by atoms with E-state index in [-0.39, 0.29) is 11.4 Å². The van der Waals surface area contributed by atoms with Gasteiger partial charge in [-0.05, 0) is 6.92 Å². The van der Waals surface area contributed by atoms with E-state index in [2.05, 4.69) is 4.98 Å². The minimum absolute atomic E-state index is 0.0249. The van der Waals surface area contributed by atoms with Gasteiger partial charge in [-0.25, -0.2) is 4.79 Å². The van der Waals surface area contributed by atoms with Gasteiger partial charge >= 0.3 is 5.97 Å². The van der Waals surface area contributed by atoms with Crippen LogP contribution in [0, 0.1) is 6.92 Å². The van der Waals surface area contributed by atoms with Gasteiger partial charge < -0.3 is 14.8 Å². The zero-order chi connectivity index (χ0) is 10.0. The second kappa shape index (κ2) is 3.30. The van der Waals surface area contributed by atoms with E-state index in [0.717, 1.165) is 0 Å². The van der Waals surface area contributed by atoms with Gasteiger partial charge in [-0.1, -0.05) is 0 Å². The molecule has 0 saturated carbocycles. The van der Waals surface area contributed by atoms with Crippen LogP contribution in [0.25, 0.3) is 0 Å². The number of nitrogens with one attached hydrogen (secondary N) is 1. The molecule has 2 N–H and O–H groups in total. The van der Waals surface area contributed by atoms with Crippen LogP contribution in [0.4, 0.5) is 0 Å². The predicted octanol–water partition coefficient (Wildman–Crippen LogP) is 0.390. The third-order valence-corrected chi connectivity index (χ3v) is 1.65. The number of carbonyl (C=O) groups is 1. The summed E-state index contributed by atoms with van der Waals surface area (Å²) in [5, 5.41) is 8.70. The van der Waals surface area contributed by atoms with E-state index in [9.17, 15) is 9.59 Å². The lowest BCUT2D eigenvalue weighted by molar-refractivity contribution is 0.0691. The minimum Gasteiger partial charge on any atom is -0.482 e. The lowest BCUT2D eigenvalue weighted by Gasteiger charge is -2.03. The summed E-state index contributed by atoms with van der Waals surface area (Å²) in [6.07, 6.45) is 1.41. The summed E-state index contributed by atoms with van der Waals surface area (Å²) in [6.45, 7) is 1.53. The molecule has 70 valence electrons. The number of H-pyrrole nitrogens is 1. The molecule has 5 nitrogen and oxygen atoms in total. The maximum atomic E-state index is 11.3. The largest absolute Gasteiger partial charge is 0.482 e. The third kappa shape index (κ3) is 1.53. The SMILES string of the molecule is COc1[nH]cc(C)c(=O)c1C(=O)O. The van der Waals surface area contributed by atoms with Crippen molar-refractivity contribution in [3.05, 3.63) is 27.5 Å². The summed E-state index contributed by atoms with van der Waals surface area (Å²) in [5.74, 6) is -1.31. The molecule has 0 aliphatic carbocycles. The number of carboxylic acids is 1. The summed E-state index contributed by atoms with van der Waals surface area (Å²) >= 11 is 0. The Kier molecular flexibility index (Phi) is 2.36. The highest BCUT2D eigenvalue weighted by atomic mass is 16.5. The Morgan fingerprint density at radius 2 is 2.23 bits per heavy atom. The Morgan fingerprint density at radius 3 is 2.69 bits per heavy atom. The Balaban J connectivity index is 3.51. The first-order valence-electron chi connectivity index (χ1n) is 3.57. The van der Waals surface area contributed by atoms with Crippen molar-refractivity contribution in [1.82, 2.24) is 4.98 Å². The molecule has 0 fully saturated rings. The molecule has 0 spiro atoms. The van der Waals surface area contributed by atoms with Gasteiger partial charge in [-0.2, -0.15) is 0 Å². The molecular formula is C8H9NO4. The molecule has 1 rings (SSSR count). The summed E-state index contributed by atoms with van der Waals surface area (Å²) < 4.78 is 4.71. The molecular weight excluding hydrogens is 174 g/mol. The Bertz CT molecular complexity index is 394. The monoisotopic (exact) mass is 183 g/mol.